The monoisotopic (exact) mass is 323 g/mol. The second-order valence-corrected chi connectivity index (χ2v) is 7.10. The topological polar surface area (TPSA) is 80.1 Å². The molecule has 1 aliphatic carbocycles. The molecule has 1 aromatic heterocycles. The molecule has 1 N–H and O–H groups in total. The van der Waals surface area contributed by atoms with Gasteiger partial charge in [-0.1, -0.05) is 5.21 Å². The largest absolute Gasteiger partial charge is 0.279 e. The van der Waals surface area contributed by atoms with E-state index in [9.17, 15) is 8.42 Å². The lowest BCUT2D eigenvalue weighted by molar-refractivity contribution is 0.407. The summed E-state index contributed by atoms with van der Waals surface area (Å²) in [4.78, 5) is 0. The van der Waals surface area contributed by atoms with Crippen molar-refractivity contribution >= 4 is 26.1 Å². The van der Waals surface area contributed by atoms with Crippen molar-refractivity contribution in [2.24, 2.45) is 0 Å². The van der Waals surface area contributed by atoms with Crippen molar-refractivity contribution in [2.75, 3.05) is 20.6 Å². The first-order chi connectivity index (χ1) is 7.86. The van der Waals surface area contributed by atoms with Crippen LogP contribution < -0.4 is 4.72 Å². The van der Waals surface area contributed by atoms with Gasteiger partial charge in [0, 0.05) is 20.6 Å². The third kappa shape index (κ3) is 2.67. The third-order valence-electron chi connectivity index (χ3n) is 2.84. The molecule has 1 aromatic rings. The molecular weight excluding hydrogens is 310 g/mol. The molecule has 1 aliphatic rings. The summed E-state index contributed by atoms with van der Waals surface area (Å²) in [5.41, 5.74) is -0.248. The Kier molecular flexibility index (Phi) is 3.27. The van der Waals surface area contributed by atoms with E-state index in [-0.39, 0.29) is 5.54 Å². The molecule has 1 saturated carbocycles. The standard InChI is InChI=1S/C8H14BrN5O2S/c1-13(2)17(15,16)10-6-8(3-4-8)14-5-7(9)11-12-14/h5,10H,3-4,6H2,1-2H3. The van der Waals surface area contributed by atoms with E-state index in [0.29, 0.717) is 11.1 Å². The number of halogens is 1. The number of nitrogens with zero attached hydrogens (tertiary/aromatic N) is 4. The van der Waals surface area contributed by atoms with Crippen LogP contribution in [0.2, 0.25) is 0 Å². The van der Waals surface area contributed by atoms with Gasteiger partial charge in [0.1, 0.15) is 4.60 Å². The van der Waals surface area contributed by atoms with Gasteiger partial charge in [-0.05, 0) is 28.8 Å². The quantitative estimate of drug-likeness (QED) is 0.822. The zero-order valence-corrected chi connectivity index (χ0v) is 12.0. The molecule has 0 saturated heterocycles. The molecule has 7 nitrogen and oxygen atoms in total. The Bertz CT molecular complexity index is 508. The summed E-state index contributed by atoms with van der Waals surface area (Å²) in [6.45, 7) is 0.337. The summed E-state index contributed by atoms with van der Waals surface area (Å²) < 4.78 is 29.3. The van der Waals surface area contributed by atoms with Gasteiger partial charge in [0.05, 0.1) is 11.7 Å². The average Bonchev–Trinajstić information content (AvgIpc) is 2.92. The number of aromatic nitrogens is 3. The number of nitrogens with one attached hydrogen (secondary N) is 1. The molecule has 1 fully saturated rings. The van der Waals surface area contributed by atoms with Gasteiger partial charge < -0.3 is 0 Å². The van der Waals surface area contributed by atoms with Crippen LogP contribution in [0.1, 0.15) is 12.8 Å². The summed E-state index contributed by atoms with van der Waals surface area (Å²) in [7, 11) is -0.394. The van der Waals surface area contributed by atoms with E-state index >= 15 is 0 Å². The molecular formula is C8H14BrN5O2S. The van der Waals surface area contributed by atoms with Gasteiger partial charge in [0.2, 0.25) is 0 Å². The van der Waals surface area contributed by atoms with Crippen LogP contribution in [0.3, 0.4) is 0 Å². The smallest absolute Gasteiger partial charge is 0.244 e. The van der Waals surface area contributed by atoms with E-state index in [1.807, 2.05) is 0 Å². The second kappa shape index (κ2) is 4.30. The summed E-state index contributed by atoms with van der Waals surface area (Å²) in [6.07, 6.45) is 3.56. The first-order valence-corrected chi connectivity index (χ1v) is 7.34. The Balaban J connectivity index is 2.05. The van der Waals surface area contributed by atoms with Crippen molar-refractivity contribution in [3.8, 4) is 0 Å². The predicted molar refractivity (Wildman–Crippen MR) is 65.5 cm³/mol. The van der Waals surface area contributed by atoms with Crippen molar-refractivity contribution in [3.05, 3.63) is 10.8 Å². The van der Waals surface area contributed by atoms with Crippen molar-refractivity contribution in [3.63, 3.8) is 0 Å². The van der Waals surface area contributed by atoms with Crippen molar-refractivity contribution in [1.82, 2.24) is 24.0 Å². The highest BCUT2D eigenvalue weighted by atomic mass is 79.9. The molecule has 0 unspecified atom stereocenters. The van der Waals surface area contributed by atoms with Gasteiger partial charge >= 0.3 is 0 Å². The van der Waals surface area contributed by atoms with Crippen LogP contribution in [0.15, 0.2) is 10.8 Å². The first-order valence-electron chi connectivity index (χ1n) is 5.11. The molecule has 0 aromatic carbocycles. The van der Waals surface area contributed by atoms with Gasteiger partial charge in [-0.25, -0.2) is 4.68 Å². The molecule has 17 heavy (non-hydrogen) atoms. The Morgan fingerprint density at radius 1 is 1.59 bits per heavy atom. The second-order valence-electron chi connectivity index (χ2n) is 4.32. The van der Waals surface area contributed by atoms with Crippen LogP contribution in [-0.2, 0) is 15.7 Å². The zero-order chi connectivity index (χ0) is 12.7. The Hall–Kier alpha value is -0.510. The number of rotatable bonds is 5. The van der Waals surface area contributed by atoms with E-state index in [2.05, 4.69) is 31.0 Å². The molecule has 0 bridgehead atoms. The fourth-order valence-electron chi connectivity index (χ4n) is 1.46. The lowest BCUT2D eigenvalue weighted by Gasteiger charge is -2.18. The molecule has 0 amide bonds. The van der Waals surface area contributed by atoms with Crippen LogP contribution in [-0.4, -0.2) is 48.4 Å². The van der Waals surface area contributed by atoms with Crippen molar-refractivity contribution < 1.29 is 8.42 Å². The average molecular weight is 324 g/mol. The lowest BCUT2D eigenvalue weighted by atomic mass is 10.3. The SMILES string of the molecule is CN(C)S(=O)(=O)NCC1(n2cc(Br)nn2)CC1. The van der Waals surface area contributed by atoms with Crippen LogP contribution >= 0.6 is 15.9 Å². The van der Waals surface area contributed by atoms with Gasteiger partial charge in [0.15, 0.2) is 0 Å². The molecule has 0 aliphatic heterocycles. The van der Waals surface area contributed by atoms with Crippen LogP contribution in [0.25, 0.3) is 0 Å². The van der Waals surface area contributed by atoms with Crippen molar-refractivity contribution in [1.29, 1.82) is 0 Å². The maximum absolute atomic E-state index is 11.6. The molecule has 0 atom stereocenters. The summed E-state index contributed by atoms with van der Waals surface area (Å²) in [5.74, 6) is 0. The highest BCUT2D eigenvalue weighted by molar-refractivity contribution is 9.10. The van der Waals surface area contributed by atoms with Crippen LogP contribution in [0, 0.1) is 0 Å². The molecule has 96 valence electrons. The van der Waals surface area contributed by atoms with Crippen molar-refractivity contribution in [2.45, 2.75) is 18.4 Å². The van der Waals surface area contributed by atoms with Gasteiger partial charge in [0.25, 0.3) is 10.2 Å². The number of hydrogen-bond donors (Lipinski definition) is 1. The van der Waals surface area contributed by atoms with E-state index < -0.39 is 10.2 Å². The Morgan fingerprint density at radius 3 is 2.65 bits per heavy atom. The van der Waals surface area contributed by atoms with Crippen LogP contribution in [0.4, 0.5) is 0 Å². The zero-order valence-electron chi connectivity index (χ0n) is 9.59. The van der Waals surface area contributed by atoms with Crippen LogP contribution in [0.5, 0.6) is 0 Å². The molecule has 0 radical (unpaired) electrons. The fourth-order valence-corrected chi connectivity index (χ4v) is 2.44. The molecule has 2 rings (SSSR count). The molecule has 1 heterocycles. The Labute approximate surface area is 108 Å². The van der Waals surface area contributed by atoms with Gasteiger partial charge in [-0.15, -0.1) is 5.10 Å². The lowest BCUT2D eigenvalue weighted by Crippen LogP contribution is -2.41. The summed E-state index contributed by atoms with van der Waals surface area (Å²) >= 11 is 3.22. The predicted octanol–water partition coefficient (Wildman–Crippen LogP) is -0.0743. The van der Waals surface area contributed by atoms with E-state index in [4.69, 9.17) is 0 Å². The number of hydrogen-bond acceptors (Lipinski definition) is 4. The summed E-state index contributed by atoms with van der Waals surface area (Å²) in [6, 6.07) is 0. The normalized spacial score (nSPS) is 18.6. The highest BCUT2D eigenvalue weighted by Crippen LogP contribution is 2.42. The maximum atomic E-state index is 11.6. The van der Waals surface area contributed by atoms with E-state index in [1.54, 1.807) is 10.9 Å². The minimum Gasteiger partial charge on any atom is -0.244 e. The van der Waals surface area contributed by atoms with Gasteiger partial charge in [-0.3, -0.25) is 0 Å². The molecule has 9 heteroatoms. The third-order valence-corrected chi connectivity index (χ3v) is 4.68. The van der Waals surface area contributed by atoms with Gasteiger partial charge in [-0.2, -0.15) is 17.4 Å². The van der Waals surface area contributed by atoms with E-state index in [0.717, 1.165) is 17.1 Å². The minimum absolute atomic E-state index is 0.248. The molecule has 0 spiro atoms. The minimum atomic E-state index is -3.38. The van der Waals surface area contributed by atoms with E-state index in [1.165, 1.54) is 14.1 Å². The first kappa shape index (κ1) is 12.9. The Morgan fingerprint density at radius 2 is 2.24 bits per heavy atom. The highest BCUT2D eigenvalue weighted by Gasteiger charge is 2.46. The maximum Gasteiger partial charge on any atom is 0.279 e. The fraction of sp³-hybridized carbons (Fsp3) is 0.750. The summed E-state index contributed by atoms with van der Waals surface area (Å²) in [5, 5.41) is 7.81.